The van der Waals surface area contributed by atoms with E-state index in [4.69, 9.17) is 9.47 Å². The molecule has 0 fully saturated rings. The van der Waals surface area contributed by atoms with Crippen molar-refractivity contribution >= 4 is 23.4 Å². The first-order chi connectivity index (χ1) is 14.7. The van der Waals surface area contributed by atoms with Crippen LogP contribution >= 0.6 is 11.8 Å². The maximum absolute atomic E-state index is 12.5. The van der Waals surface area contributed by atoms with Crippen LogP contribution in [-0.2, 0) is 6.42 Å². The zero-order chi connectivity index (χ0) is 21.3. The van der Waals surface area contributed by atoms with Gasteiger partial charge in [0.05, 0.1) is 20.3 Å². The highest BCUT2D eigenvalue weighted by Crippen LogP contribution is 2.27. The summed E-state index contributed by atoms with van der Waals surface area (Å²) in [5, 5.41) is 14.5. The third-order valence-corrected chi connectivity index (χ3v) is 5.36. The Balaban J connectivity index is 1.60. The molecule has 0 bridgehead atoms. The fraction of sp³-hybridized carbons (Fsp3) is 0.381. The number of urea groups is 1. The molecule has 0 aliphatic carbocycles. The van der Waals surface area contributed by atoms with E-state index in [-0.39, 0.29) is 12.1 Å². The number of carbonyl (C=O) groups excluding carboxylic acids is 1. The predicted octanol–water partition coefficient (Wildman–Crippen LogP) is 3.08. The van der Waals surface area contributed by atoms with Gasteiger partial charge in [-0.3, -0.25) is 4.40 Å². The van der Waals surface area contributed by atoms with Crippen molar-refractivity contribution in [1.29, 1.82) is 0 Å². The van der Waals surface area contributed by atoms with Crippen molar-refractivity contribution in [3.8, 4) is 11.5 Å². The molecule has 0 aliphatic rings. The van der Waals surface area contributed by atoms with Gasteiger partial charge in [-0.1, -0.05) is 12.1 Å². The van der Waals surface area contributed by atoms with Gasteiger partial charge >= 0.3 is 6.03 Å². The monoisotopic (exact) mass is 429 g/mol. The molecule has 0 aliphatic heterocycles. The van der Waals surface area contributed by atoms with Gasteiger partial charge in [-0.25, -0.2) is 4.79 Å². The van der Waals surface area contributed by atoms with E-state index in [1.807, 2.05) is 53.3 Å². The first-order valence-electron chi connectivity index (χ1n) is 9.70. The van der Waals surface area contributed by atoms with Crippen molar-refractivity contribution in [3.63, 3.8) is 0 Å². The van der Waals surface area contributed by atoms with Crippen LogP contribution < -0.4 is 20.1 Å². The van der Waals surface area contributed by atoms with Crippen LogP contribution in [0.1, 0.15) is 23.9 Å². The van der Waals surface area contributed by atoms with Crippen molar-refractivity contribution < 1.29 is 14.3 Å². The minimum atomic E-state index is -0.228. The zero-order valence-corrected chi connectivity index (χ0v) is 18.2. The fourth-order valence-corrected chi connectivity index (χ4v) is 3.64. The molecule has 2 heterocycles. The number of thioether (sulfide) groups is 1. The molecule has 8 nitrogen and oxygen atoms in total. The topological polar surface area (TPSA) is 89.8 Å². The lowest BCUT2D eigenvalue weighted by Crippen LogP contribution is -2.39. The Labute approximate surface area is 180 Å². The minimum Gasteiger partial charge on any atom is -0.493 e. The number of benzene rings is 1. The van der Waals surface area contributed by atoms with Crippen molar-refractivity contribution in [3.05, 3.63) is 54.0 Å². The summed E-state index contributed by atoms with van der Waals surface area (Å²) in [7, 11) is 3.21. The number of carbonyl (C=O) groups is 1. The number of nitrogens with one attached hydrogen (secondary N) is 2. The second kappa shape index (κ2) is 10.7. The van der Waals surface area contributed by atoms with E-state index < -0.39 is 0 Å². The summed E-state index contributed by atoms with van der Waals surface area (Å²) in [4.78, 5) is 12.5. The van der Waals surface area contributed by atoms with Crippen molar-refractivity contribution in [2.24, 2.45) is 0 Å². The molecule has 30 heavy (non-hydrogen) atoms. The molecule has 0 radical (unpaired) electrons. The Morgan fingerprint density at radius 1 is 1.17 bits per heavy atom. The Kier molecular flexibility index (Phi) is 7.78. The molecule has 2 N–H and O–H groups in total. The highest BCUT2D eigenvalue weighted by atomic mass is 32.2. The molecule has 0 spiro atoms. The highest BCUT2D eigenvalue weighted by molar-refractivity contribution is 7.98. The third-order valence-electron chi connectivity index (χ3n) is 4.71. The van der Waals surface area contributed by atoms with Crippen LogP contribution in [0.4, 0.5) is 4.79 Å². The van der Waals surface area contributed by atoms with Gasteiger partial charge < -0.3 is 20.1 Å². The first-order valence-corrected chi connectivity index (χ1v) is 11.1. The van der Waals surface area contributed by atoms with Gasteiger partial charge in [-0.2, -0.15) is 11.8 Å². The van der Waals surface area contributed by atoms with Gasteiger partial charge in [-0.05, 0) is 54.7 Å². The molecule has 3 aromatic rings. The van der Waals surface area contributed by atoms with Gasteiger partial charge in [0.1, 0.15) is 0 Å². The average molecular weight is 430 g/mol. The van der Waals surface area contributed by atoms with Gasteiger partial charge in [0.15, 0.2) is 23.0 Å². The predicted molar refractivity (Wildman–Crippen MR) is 119 cm³/mol. The number of methoxy groups -OCH3 is 2. The summed E-state index contributed by atoms with van der Waals surface area (Å²) in [6, 6.07) is 11.0. The molecule has 160 valence electrons. The van der Waals surface area contributed by atoms with Crippen molar-refractivity contribution in [2.75, 3.05) is 32.8 Å². The average Bonchev–Trinajstić information content (AvgIpc) is 3.20. The van der Waals surface area contributed by atoms with Gasteiger partial charge in [0, 0.05) is 12.7 Å². The summed E-state index contributed by atoms with van der Waals surface area (Å²) in [6.07, 6.45) is 5.40. The molecule has 0 saturated heterocycles. The van der Waals surface area contributed by atoms with Gasteiger partial charge in [0.25, 0.3) is 0 Å². The van der Waals surface area contributed by atoms with Gasteiger partial charge in [0.2, 0.25) is 0 Å². The molecule has 3 rings (SSSR count). The summed E-state index contributed by atoms with van der Waals surface area (Å²) in [6.45, 7) is 0.497. The summed E-state index contributed by atoms with van der Waals surface area (Å²) < 4.78 is 12.5. The van der Waals surface area contributed by atoms with E-state index in [9.17, 15) is 4.79 Å². The van der Waals surface area contributed by atoms with Crippen LogP contribution in [0.15, 0.2) is 42.6 Å². The zero-order valence-electron chi connectivity index (χ0n) is 17.4. The first kappa shape index (κ1) is 21.8. The van der Waals surface area contributed by atoms with Crippen LogP contribution in [-0.4, -0.2) is 53.4 Å². The molecule has 1 unspecified atom stereocenters. The SMILES string of the molecule is COc1ccc(CCNC(=O)NC(CCSC)c2nnc3ccccn23)cc1OC. The summed E-state index contributed by atoms with van der Waals surface area (Å²) in [5.74, 6) is 2.99. The van der Waals surface area contributed by atoms with Gasteiger partial charge in [-0.15, -0.1) is 10.2 Å². The van der Waals surface area contributed by atoms with Crippen LogP contribution in [0.25, 0.3) is 5.65 Å². The Hall–Kier alpha value is -2.94. The standard InChI is InChI=1S/C21H27N5O3S/c1-28-17-8-7-15(14-18(17)29-2)9-11-22-21(27)23-16(10-13-30-3)20-25-24-19-6-4-5-12-26(19)20/h4-8,12,14,16H,9-11,13H2,1-3H3,(H2,22,23,27). The number of amides is 2. The molecule has 1 atom stereocenters. The fourth-order valence-electron chi connectivity index (χ4n) is 3.16. The van der Waals surface area contributed by atoms with Crippen LogP contribution in [0.5, 0.6) is 11.5 Å². The Morgan fingerprint density at radius 3 is 2.77 bits per heavy atom. The molecule has 2 aromatic heterocycles. The number of fused-ring (bicyclic) bond motifs is 1. The molecular formula is C21H27N5O3S. The van der Waals surface area contributed by atoms with Crippen molar-refractivity contribution in [1.82, 2.24) is 25.2 Å². The second-order valence-corrected chi connectivity index (χ2v) is 7.65. The van der Waals surface area contributed by atoms with Crippen LogP contribution in [0, 0.1) is 0 Å². The van der Waals surface area contributed by atoms with E-state index >= 15 is 0 Å². The summed E-state index contributed by atoms with van der Waals surface area (Å²) in [5.41, 5.74) is 1.81. The molecule has 2 amide bonds. The summed E-state index contributed by atoms with van der Waals surface area (Å²) >= 11 is 1.73. The number of hydrogen-bond donors (Lipinski definition) is 2. The van der Waals surface area contributed by atoms with E-state index in [2.05, 4.69) is 20.8 Å². The molecular weight excluding hydrogens is 402 g/mol. The molecule has 0 saturated carbocycles. The quantitative estimate of drug-likeness (QED) is 0.515. The van der Waals surface area contributed by atoms with E-state index in [1.165, 1.54) is 0 Å². The van der Waals surface area contributed by atoms with E-state index in [0.717, 1.165) is 29.2 Å². The number of nitrogens with zero attached hydrogens (tertiary/aromatic N) is 3. The normalized spacial score (nSPS) is 11.8. The number of hydrogen-bond acceptors (Lipinski definition) is 6. The maximum Gasteiger partial charge on any atom is 0.315 e. The number of ether oxygens (including phenoxy) is 2. The maximum atomic E-state index is 12.5. The Bertz CT molecular complexity index is 978. The largest absolute Gasteiger partial charge is 0.493 e. The molecule has 1 aromatic carbocycles. The Morgan fingerprint density at radius 2 is 2.00 bits per heavy atom. The lowest BCUT2D eigenvalue weighted by atomic mass is 10.1. The van der Waals surface area contributed by atoms with Crippen LogP contribution in [0.3, 0.4) is 0 Å². The number of pyridine rings is 1. The van der Waals surface area contributed by atoms with Crippen molar-refractivity contribution in [2.45, 2.75) is 18.9 Å². The number of aromatic nitrogens is 3. The number of rotatable bonds is 10. The lowest BCUT2D eigenvalue weighted by molar-refractivity contribution is 0.236. The molecule has 9 heteroatoms. The van der Waals surface area contributed by atoms with E-state index in [1.54, 1.807) is 26.0 Å². The van der Waals surface area contributed by atoms with E-state index in [0.29, 0.717) is 24.5 Å². The second-order valence-electron chi connectivity index (χ2n) is 6.66. The minimum absolute atomic E-state index is 0.226. The smallest absolute Gasteiger partial charge is 0.315 e. The van der Waals surface area contributed by atoms with Crippen LogP contribution in [0.2, 0.25) is 0 Å². The lowest BCUT2D eigenvalue weighted by Gasteiger charge is -2.17. The third kappa shape index (κ3) is 5.35. The highest BCUT2D eigenvalue weighted by Gasteiger charge is 2.20.